The Morgan fingerprint density at radius 3 is 2.66 bits per heavy atom. The molecule has 3 aromatic rings. The molecule has 29 heavy (non-hydrogen) atoms. The van der Waals surface area contributed by atoms with Crippen LogP contribution in [0.1, 0.15) is 36.0 Å². The SMILES string of the molecule is Fc1ccccc1-c1ccccc1CN1CCn2c(nnc2[C@H]2CCCNC2)C1. The monoisotopic (exact) mass is 391 g/mol. The van der Waals surface area contributed by atoms with Crippen molar-refractivity contribution in [3.63, 3.8) is 0 Å². The molecule has 0 aliphatic carbocycles. The second-order valence-corrected chi connectivity index (χ2v) is 8.02. The molecule has 5 rings (SSSR count). The zero-order valence-corrected chi connectivity index (χ0v) is 16.5. The topological polar surface area (TPSA) is 46.0 Å². The van der Waals surface area contributed by atoms with Gasteiger partial charge in [0.1, 0.15) is 17.5 Å². The third-order valence-electron chi connectivity index (χ3n) is 6.10. The van der Waals surface area contributed by atoms with Gasteiger partial charge in [-0.3, -0.25) is 4.90 Å². The van der Waals surface area contributed by atoms with Gasteiger partial charge >= 0.3 is 0 Å². The largest absolute Gasteiger partial charge is 0.316 e. The van der Waals surface area contributed by atoms with E-state index in [9.17, 15) is 4.39 Å². The Morgan fingerprint density at radius 1 is 1.00 bits per heavy atom. The lowest BCUT2D eigenvalue weighted by atomic mass is 9.98. The summed E-state index contributed by atoms with van der Waals surface area (Å²) in [5, 5.41) is 12.5. The van der Waals surface area contributed by atoms with Gasteiger partial charge in [-0.15, -0.1) is 10.2 Å². The smallest absolute Gasteiger partial charge is 0.147 e. The first-order chi connectivity index (χ1) is 14.3. The fourth-order valence-electron chi connectivity index (χ4n) is 4.58. The van der Waals surface area contributed by atoms with Crippen molar-refractivity contribution in [1.29, 1.82) is 0 Å². The highest BCUT2D eigenvalue weighted by molar-refractivity contribution is 5.67. The van der Waals surface area contributed by atoms with Crippen molar-refractivity contribution in [2.75, 3.05) is 19.6 Å². The maximum absolute atomic E-state index is 14.4. The summed E-state index contributed by atoms with van der Waals surface area (Å²) in [5.41, 5.74) is 2.77. The lowest BCUT2D eigenvalue weighted by molar-refractivity contribution is 0.206. The molecule has 2 aliphatic rings. The number of hydrogen-bond donors (Lipinski definition) is 1. The average Bonchev–Trinajstić information content (AvgIpc) is 3.19. The van der Waals surface area contributed by atoms with E-state index in [1.165, 1.54) is 18.9 Å². The highest BCUT2D eigenvalue weighted by atomic mass is 19.1. The summed E-state index contributed by atoms with van der Waals surface area (Å²) in [5.74, 6) is 2.47. The van der Waals surface area contributed by atoms with Crippen molar-refractivity contribution in [2.45, 2.75) is 38.4 Å². The van der Waals surface area contributed by atoms with Crippen molar-refractivity contribution in [1.82, 2.24) is 25.0 Å². The number of halogens is 1. The minimum Gasteiger partial charge on any atom is -0.316 e. The van der Waals surface area contributed by atoms with Crippen LogP contribution in [0.25, 0.3) is 11.1 Å². The van der Waals surface area contributed by atoms with Crippen LogP contribution < -0.4 is 5.32 Å². The second-order valence-electron chi connectivity index (χ2n) is 8.02. The van der Waals surface area contributed by atoms with Gasteiger partial charge in [-0.25, -0.2) is 4.39 Å². The molecule has 1 aromatic heterocycles. The van der Waals surface area contributed by atoms with E-state index in [1.807, 2.05) is 30.3 Å². The molecule has 0 amide bonds. The third-order valence-corrected chi connectivity index (χ3v) is 6.10. The van der Waals surface area contributed by atoms with E-state index in [0.717, 1.165) is 62.0 Å². The van der Waals surface area contributed by atoms with Crippen LogP contribution >= 0.6 is 0 Å². The summed E-state index contributed by atoms with van der Waals surface area (Å²) in [6, 6.07) is 15.1. The maximum atomic E-state index is 14.4. The van der Waals surface area contributed by atoms with Crippen LogP contribution in [0, 0.1) is 5.82 Å². The predicted molar refractivity (Wildman–Crippen MR) is 111 cm³/mol. The highest BCUT2D eigenvalue weighted by Crippen LogP contribution is 2.29. The van der Waals surface area contributed by atoms with Crippen LogP contribution in [-0.4, -0.2) is 39.3 Å². The number of nitrogens with one attached hydrogen (secondary N) is 1. The van der Waals surface area contributed by atoms with Gasteiger partial charge in [-0.1, -0.05) is 42.5 Å². The van der Waals surface area contributed by atoms with Crippen LogP contribution in [0.4, 0.5) is 4.39 Å². The fourth-order valence-corrected chi connectivity index (χ4v) is 4.58. The molecule has 0 unspecified atom stereocenters. The van der Waals surface area contributed by atoms with Gasteiger partial charge in [0.05, 0.1) is 6.54 Å². The molecule has 2 aliphatic heterocycles. The highest BCUT2D eigenvalue weighted by Gasteiger charge is 2.27. The molecule has 1 N–H and O–H groups in total. The van der Waals surface area contributed by atoms with E-state index >= 15 is 0 Å². The Labute approximate surface area is 170 Å². The van der Waals surface area contributed by atoms with Gasteiger partial charge in [-0.2, -0.15) is 0 Å². The van der Waals surface area contributed by atoms with Gasteiger partial charge in [0.25, 0.3) is 0 Å². The van der Waals surface area contributed by atoms with E-state index < -0.39 is 0 Å². The Hall–Kier alpha value is -2.57. The van der Waals surface area contributed by atoms with Gasteiger partial charge < -0.3 is 9.88 Å². The van der Waals surface area contributed by atoms with Gasteiger partial charge in [0, 0.05) is 37.7 Å². The molecule has 150 valence electrons. The van der Waals surface area contributed by atoms with Crippen LogP contribution in [-0.2, 0) is 19.6 Å². The number of fused-ring (bicyclic) bond motifs is 1. The Morgan fingerprint density at radius 2 is 1.83 bits per heavy atom. The van der Waals surface area contributed by atoms with Gasteiger partial charge in [0.2, 0.25) is 0 Å². The van der Waals surface area contributed by atoms with Crippen LogP contribution in [0.2, 0.25) is 0 Å². The number of aromatic nitrogens is 3. The minimum atomic E-state index is -0.177. The molecule has 1 saturated heterocycles. The lowest BCUT2D eigenvalue weighted by Gasteiger charge is -2.30. The summed E-state index contributed by atoms with van der Waals surface area (Å²) in [7, 11) is 0. The molecule has 0 radical (unpaired) electrons. The number of benzene rings is 2. The van der Waals surface area contributed by atoms with Crippen molar-refractivity contribution >= 4 is 0 Å². The first-order valence-corrected chi connectivity index (χ1v) is 10.5. The van der Waals surface area contributed by atoms with E-state index in [0.29, 0.717) is 11.5 Å². The molecule has 5 nitrogen and oxygen atoms in total. The molecule has 6 heteroatoms. The third kappa shape index (κ3) is 3.70. The van der Waals surface area contributed by atoms with Crippen LogP contribution in [0.15, 0.2) is 48.5 Å². The van der Waals surface area contributed by atoms with E-state index in [1.54, 1.807) is 6.07 Å². The van der Waals surface area contributed by atoms with Crippen molar-refractivity contribution in [3.05, 3.63) is 71.6 Å². The molecule has 0 saturated carbocycles. The Balaban J connectivity index is 1.35. The van der Waals surface area contributed by atoms with Crippen LogP contribution in [0.5, 0.6) is 0 Å². The second kappa shape index (κ2) is 8.05. The van der Waals surface area contributed by atoms with Gasteiger partial charge in [-0.05, 0) is 36.6 Å². The van der Waals surface area contributed by atoms with Crippen LogP contribution in [0.3, 0.4) is 0 Å². The molecule has 3 heterocycles. The number of piperidine rings is 1. The van der Waals surface area contributed by atoms with Crippen molar-refractivity contribution in [3.8, 4) is 11.1 Å². The first-order valence-electron chi connectivity index (χ1n) is 10.5. The molecule has 1 fully saturated rings. The maximum Gasteiger partial charge on any atom is 0.147 e. The Bertz CT molecular complexity index is 992. The molecule has 2 aromatic carbocycles. The summed E-state index contributed by atoms with van der Waals surface area (Å²) >= 11 is 0. The van der Waals surface area contributed by atoms with Crippen molar-refractivity contribution in [2.24, 2.45) is 0 Å². The zero-order chi connectivity index (χ0) is 19.6. The van der Waals surface area contributed by atoms with Crippen molar-refractivity contribution < 1.29 is 4.39 Å². The summed E-state index contributed by atoms with van der Waals surface area (Å²) < 4.78 is 16.7. The van der Waals surface area contributed by atoms with Gasteiger partial charge in [0.15, 0.2) is 0 Å². The summed E-state index contributed by atoms with van der Waals surface area (Å²) in [6.07, 6.45) is 2.39. The van der Waals surface area contributed by atoms with E-state index in [4.69, 9.17) is 0 Å². The molecular formula is C23H26FN5. The Kier molecular flexibility index (Phi) is 5.12. The molecule has 0 spiro atoms. The first kappa shape index (κ1) is 18.5. The standard InChI is InChI=1S/C23H26FN5/c24-21-10-4-3-9-20(21)19-8-2-1-6-18(19)15-28-12-13-29-22(16-28)26-27-23(29)17-7-5-11-25-14-17/h1-4,6,8-10,17,25H,5,7,11-16H2/t17-/m0/s1. The van der Waals surface area contributed by atoms with E-state index in [2.05, 4.69) is 31.0 Å². The fraction of sp³-hybridized carbons (Fsp3) is 0.391. The minimum absolute atomic E-state index is 0.177. The molecular weight excluding hydrogens is 365 g/mol. The lowest BCUT2D eigenvalue weighted by Crippen LogP contribution is -2.36. The number of rotatable bonds is 4. The quantitative estimate of drug-likeness (QED) is 0.739. The summed E-state index contributed by atoms with van der Waals surface area (Å²) in [6.45, 7) is 5.51. The zero-order valence-electron chi connectivity index (χ0n) is 16.5. The number of hydrogen-bond acceptors (Lipinski definition) is 4. The predicted octanol–water partition coefficient (Wildman–Crippen LogP) is 3.57. The van der Waals surface area contributed by atoms with E-state index in [-0.39, 0.29) is 5.82 Å². The molecule has 1 atom stereocenters. The number of nitrogens with zero attached hydrogens (tertiary/aromatic N) is 4. The molecule has 0 bridgehead atoms. The normalized spacial score (nSPS) is 19.8. The summed E-state index contributed by atoms with van der Waals surface area (Å²) in [4.78, 5) is 2.38. The average molecular weight is 391 g/mol.